The van der Waals surface area contributed by atoms with Crippen molar-refractivity contribution >= 4 is 21.8 Å². The van der Waals surface area contributed by atoms with E-state index in [1.165, 1.54) is 35.2 Å². The molecule has 2 aromatic carbocycles. The second-order valence-electron chi connectivity index (χ2n) is 6.63. The predicted octanol–water partition coefficient (Wildman–Crippen LogP) is 4.49. The van der Waals surface area contributed by atoms with Crippen LogP contribution in [0, 0.1) is 0 Å². The maximum Gasteiger partial charge on any atom is 0.418 e. The Bertz CT molecular complexity index is 975. The zero-order valence-electron chi connectivity index (χ0n) is 16.0. The van der Waals surface area contributed by atoms with Crippen molar-refractivity contribution in [3.8, 4) is 5.75 Å². The first-order valence-corrected chi connectivity index (χ1v) is 10.4. The number of amides is 2. The topological polar surface area (TPSA) is 75.7 Å². The maximum atomic E-state index is 13.2. The number of nitrogens with one attached hydrogen (secondary N) is 1. The second-order valence-corrected chi connectivity index (χ2v) is 8.20. The molecule has 0 saturated carbocycles. The van der Waals surface area contributed by atoms with Gasteiger partial charge in [0.1, 0.15) is 5.75 Å². The lowest BCUT2D eigenvalue weighted by Gasteiger charge is -2.28. The van der Waals surface area contributed by atoms with Crippen LogP contribution < -0.4 is 9.50 Å². The number of carbonyl (C=O) groups excluding carboxylic acids is 1. The first-order valence-electron chi connectivity index (χ1n) is 8.59. The lowest BCUT2D eigenvalue weighted by atomic mass is 10.1. The fraction of sp³-hybridized carbons (Fsp3) is 0.316. The molecule has 10 heteroatoms. The molecule has 0 aliphatic heterocycles. The van der Waals surface area contributed by atoms with E-state index in [9.17, 15) is 26.4 Å². The van der Waals surface area contributed by atoms with E-state index in [2.05, 4.69) is 5.32 Å². The van der Waals surface area contributed by atoms with Crippen molar-refractivity contribution in [2.45, 2.75) is 32.6 Å². The number of hydrogen-bond donors (Lipinski definition) is 1. The number of carbonyl (C=O) groups is 1. The summed E-state index contributed by atoms with van der Waals surface area (Å²) in [6.45, 7) is 3.47. The summed E-state index contributed by atoms with van der Waals surface area (Å²) in [7, 11) is -3.71. The first kappa shape index (κ1) is 22.5. The van der Waals surface area contributed by atoms with Crippen LogP contribution in [0.5, 0.6) is 5.75 Å². The molecule has 0 atom stereocenters. The summed E-state index contributed by atoms with van der Waals surface area (Å²) in [5.41, 5.74) is -0.732. The third-order valence-corrected chi connectivity index (χ3v) is 4.35. The SMILES string of the molecule is CC(C)N(Cc1cccc(OS(C)(=O)=O)c1)C(=O)Nc1ccccc1C(F)(F)F. The van der Waals surface area contributed by atoms with Crippen LogP contribution in [0.25, 0.3) is 0 Å². The molecule has 6 nitrogen and oxygen atoms in total. The van der Waals surface area contributed by atoms with Gasteiger partial charge in [-0.15, -0.1) is 0 Å². The molecule has 2 aromatic rings. The number of urea groups is 1. The van der Waals surface area contributed by atoms with Gasteiger partial charge in [0.05, 0.1) is 17.5 Å². The summed E-state index contributed by atoms with van der Waals surface area (Å²) in [4.78, 5) is 14.0. The van der Waals surface area contributed by atoms with Gasteiger partial charge >= 0.3 is 22.3 Å². The highest BCUT2D eigenvalue weighted by Crippen LogP contribution is 2.34. The monoisotopic (exact) mass is 430 g/mol. The number of halogens is 3. The molecule has 0 unspecified atom stereocenters. The minimum absolute atomic E-state index is 0.0403. The molecule has 0 aromatic heterocycles. The van der Waals surface area contributed by atoms with Crippen molar-refractivity contribution in [2.24, 2.45) is 0 Å². The molecule has 0 spiro atoms. The molecule has 0 fully saturated rings. The van der Waals surface area contributed by atoms with Gasteiger partial charge in [0.15, 0.2) is 0 Å². The Morgan fingerprint density at radius 1 is 1.14 bits per heavy atom. The van der Waals surface area contributed by atoms with Gasteiger partial charge in [-0.1, -0.05) is 24.3 Å². The van der Waals surface area contributed by atoms with Crippen LogP contribution in [-0.4, -0.2) is 31.6 Å². The molecule has 1 N–H and O–H groups in total. The molecule has 2 amide bonds. The molecule has 158 valence electrons. The van der Waals surface area contributed by atoms with Gasteiger partial charge in [0, 0.05) is 12.6 Å². The number of para-hydroxylation sites is 1. The zero-order valence-corrected chi connectivity index (χ0v) is 16.8. The van der Waals surface area contributed by atoms with E-state index in [-0.39, 0.29) is 24.0 Å². The van der Waals surface area contributed by atoms with Gasteiger partial charge < -0.3 is 14.4 Å². The number of nitrogens with zero attached hydrogens (tertiary/aromatic N) is 1. The average molecular weight is 430 g/mol. The van der Waals surface area contributed by atoms with Crippen LogP contribution in [0.2, 0.25) is 0 Å². The zero-order chi connectivity index (χ0) is 21.8. The highest BCUT2D eigenvalue weighted by Gasteiger charge is 2.34. The van der Waals surface area contributed by atoms with Gasteiger partial charge in [-0.25, -0.2) is 4.79 Å². The minimum Gasteiger partial charge on any atom is -0.383 e. The number of anilines is 1. The fourth-order valence-corrected chi connectivity index (χ4v) is 3.04. The molecule has 29 heavy (non-hydrogen) atoms. The lowest BCUT2D eigenvalue weighted by molar-refractivity contribution is -0.136. The van der Waals surface area contributed by atoms with Crippen LogP contribution in [0.3, 0.4) is 0 Å². The standard InChI is InChI=1S/C19H21F3N2O4S/c1-13(2)24(12-14-7-6-8-15(11-14)28-29(3,26)27)18(25)23-17-10-5-4-9-16(17)19(20,21)22/h4-11,13H,12H2,1-3H3,(H,23,25). The lowest BCUT2D eigenvalue weighted by Crippen LogP contribution is -2.39. The van der Waals surface area contributed by atoms with Crippen LogP contribution in [0.1, 0.15) is 25.0 Å². The molecule has 0 saturated heterocycles. The molecule has 0 aliphatic rings. The Hall–Kier alpha value is -2.75. The molecule has 0 radical (unpaired) electrons. The highest BCUT2D eigenvalue weighted by atomic mass is 32.2. The van der Waals surface area contributed by atoms with Gasteiger partial charge in [-0.2, -0.15) is 21.6 Å². The minimum atomic E-state index is -4.61. The number of hydrogen-bond acceptors (Lipinski definition) is 4. The number of benzene rings is 2. The van der Waals surface area contributed by atoms with Crippen molar-refractivity contribution in [3.05, 3.63) is 59.7 Å². The van der Waals surface area contributed by atoms with Gasteiger partial charge in [-0.05, 0) is 43.7 Å². The van der Waals surface area contributed by atoms with Crippen LogP contribution in [-0.2, 0) is 22.8 Å². The summed E-state index contributed by atoms with van der Waals surface area (Å²) in [6, 6.07) is 9.77. The Labute approximate surface area is 167 Å². The van der Waals surface area contributed by atoms with Crippen LogP contribution >= 0.6 is 0 Å². The normalized spacial score (nSPS) is 12.0. The molecular weight excluding hydrogens is 409 g/mol. The summed E-state index contributed by atoms with van der Waals surface area (Å²) in [6.07, 6.45) is -3.70. The summed E-state index contributed by atoms with van der Waals surface area (Å²) in [5.74, 6) is 0.0801. The molecule has 2 rings (SSSR count). The third kappa shape index (κ3) is 6.67. The first-order chi connectivity index (χ1) is 13.4. The molecule has 0 aliphatic carbocycles. The highest BCUT2D eigenvalue weighted by molar-refractivity contribution is 7.86. The van der Waals surface area contributed by atoms with Crippen molar-refractivity contribution in [1.29, 1.82) is 0 Å². The quantitative estimate of drug-likeness (QED) is 0.686. The van der Waals surface area contributed by atoms with E-state index in [1.54, 1.807) is 26.0 Å². The Kier molecular flexibility index (Phi) is 6.78. The summed E-state index contributed by atoms with van der Waals surface area (Å²) < 4.78 is 66.8. The molecular formula is C19H21F3N2O4S. The smallest absolute Gasteiger partial charge is 0.383 e. The van der Waals surface area contributed by atoms with E-state index in [1.807, 2.05) is 0 Å². The van der Waals surface area contributed by atoms with Gasteiger partial charge in [-0.3, -0.25) is 0 Å². The van der Waals surface area contributed by atoms with Crippen LogP contribution in [0.4, 0.5) is 23.7 Å². The number of alkyl halides is 3. The van der Waals surface area contributed by atoms with Crippen LogP contribution in [0.15, 0.2) is 48.5 Å². The fourth-order valence-electron chi connectivity index (χ4n) is 2.58. The molecule has 0 bridgehead atoms. The second kappa shape index (κ2) is 8.73. The van der Waals surface area contributed by atoms with Crippen molar-refractivity contribution in [3.63, 3.8) is 0 Å². The molecule has 0 heterocycles. The Morgan fingerprint density at radius 3 is 2.38 bits per heavy atom. The van der Waals surface area contributed by atoms with E-state index >= 15 is 0 Å². The average Bonchev–Trinajstić information content (AvgIpc) is 2.57. The summed E-state index contributed by atoms with van der Waals surface area (Å²) in [5, 5.41) is 2.31. The number of rotatable bonds is 6. The Morgan fingerprint density at radius 2 is 1.79 bits per heavy atom. The largest absolute Gasteiger partial charge is 0.418 e. The summed E-state index contributed by atoms with van der Waals surface area (Å²) >= 11 is 0. The van der Waals surface area contributed by atoms with E-state index in [0.717, 1.165) is 12.3 Å². The third-order valence-electron chi connectivity index (χ3n) is 3.86. The maximum absolute atomic E-state index is 13.2. The van der Waals surface area contributed by atoms with E-state index < -0.39 is 27.9 Å². The van der Waals surface area contributed by atoms with E-state index in [0.29, 0.717) is 5.56 Å². The van der Waals surface area contributed by atoms with Crippen molar-refractivity contribution < 1.29 is 30.6 Å². The van der Waals surface area contributed by atoms with Crippen molar-refractivity contribution in [1.82, 2.24) is 4.90 Å². The van der Waals surface area contributed by atoms with Gasteiger partial charge in [0.2, 0.25) is 0 Å². The predicted molar refractivity (Wildman–Crippen MR) is 103 cm³/mol. The van der Waals surface area contributed by atoms with E-state index in [4.69, 9.17) is 4.18 Å². The van der Waals surface area contributed by atoms with Gasteiger partial charge in [0.25, 0.3) is 0 Å². The van der Waals surface area contributed by atoms with Crippen molar-refractivity contribution in [2.75, 3.05) is 11.6 Å². The Balaban J connectivity index is 2.23.